The third-order valence-corrected chi connectivity index (χ3v) is 3.34. The molecule has 0 aliphatic rings. The molecule has 107 valence electrons. The molecule has 2 aromatic carbocycles. The molecule has 2 aromatic heterocycles. The van der Waals surface area contributed by atoms with Gasteiger partial charge >= 0.3 is 0 Å². The molecular formula is C16H11IrN2O2-. The maximum absolute atomic E-state index is 5.95. The van der Waals surface area contributed by atoms with E-state index in [9.17, 15) is 0 Å². The zero-order chi connectivity index (χ0) is 13.5. The molecule has 0 saturated heterocycles. The van der Waals surface area contributed by atoms with Crippen LogP contribution in [0.15, 0.2) is 53.2 Å². The Bertz CT molecular complexity index is 911. The van der Waals surface area contributed by atoms with Crippen molar-refractivity contribution in [2.75, 3.05) is 7.11 Å². The molecule has 0 saturated carbocycles. The Morgan fingerprint density at radius 2 is 2.05 bits per heavy atom. The second-order valence-electron chi connectivity index (χ2n) is 4.49. The summed E-state index contributed by atoms with van der Waals surface area (Å²) in [4.78, 5) is 0. The summed E-state index contributed by atoms with van der Waals surface area (Å²) in [5.74, 6) is 0.700. The molecule has 4 aromatic rings. The number of nitrogens with zero attached hydrogens (tertiary/aromatic N) is 2. The average molecular weight is 455 g/mol. The van der Waals surface area contributed by atoms with Crippen molar-refractivity contribution in [3.8, 4) is 11.4 Å². The minimum absolute atomic E-state index is 0. The molecule has 0 atom stereocenters. The van der Waals surface area contributed by atoms with Crippen LogP contribution in [0.4, 0.5) is 0 Å². The number of furan rings is 1. The molecule has 0 amide bonds. The van der Waals surface area contributed by atoms with Crippen LogP contribution in [0.25, 0.3) is 27.6 Å². The zero-order valence-corrected chi connectivity index (χ0v) is 13.6. The van der Waals surface area contributed by atoms with E-state index < -0.39 is 0 Å². The molecule has 0 N–H and O–H groups in total. The van der Waals surface area contributed by atoms with Crippen LogP contribution in [-0.2, 0) is 20.1 Å². The molecule has 21 heavy (non-hydrogen) atoms. The Balaban J connectivity index is 0.00000132. The van der Waals surface area contributed by atoms with Crippen LogP contribution in [-0.4, -0.2) is 16.9 Å². The third-order valence-electron chi connectivity index (χ3n) is 3.34. The molecule has 0 fully saturated rings. The van der Waals surface area contributed by atoms with Gasteiger partial charge in [0.25, 0.3) is 0 Å². The summed E-state index contributed by atoms with van der Waals surface area (Å²) in [6, 6.07) is 15.0. The summed E-state index contributed by atoms with van der Waals surface area (Å²) < 4.78 is 12.8. The SMILES string of the molecule is COc1cnn(-c2[c-]ccc3c2oc2ccccc23)c1.[Ir]. The van der Waals surface area contributed by atoms with Crippen molar-refractivity contribution < 1.29 is 29.3 Å². The van der Waals surface area contributed by atoms with E-state index in [-0.39, 0.29) is 20.1 Å². The predicted octanol–water partition coefficient (Wildman–Crippen LogP) is 3.58. The average Bonchev–Trinajstić information content (AvgIpc) is 3.11. The van der Waals surface area contributed by atoms with Crippen molar-refractivity contribution in [1.29, 1.82) is 0 Å². The molecule has 0 aliphatic heterocycles. The van der Waals surface area contributed by atoms with Gasteiger partial charge in [-0.1, -0.05) is 23.6 Å². The molecule has 4 rings (SSSR count). The Kier molecular flexibility index (Phi) is 3.53. The van der Waals surface area contributed by atoms with Gasteiger partial charge in [-0.05, 0) is 11.8 Å². The summed E-state index contributed by atoms with van der Waals surface area (Å²) in [6.45, 7) is 0. The van der Waals surface area contributed by atoms with Crippen molar-refractivity contribution in [2.24, 2.45) is 0 Å². The Labute approximate surface area is 134 Å². The minimum Gasteiger partial charge on any atom is -0.513 e. The van der Waals surface area contributed by atoms with E-state index in [1.807, 2.05) is 30.3 Å². The molecule has 5 heteroatoms. The van der Waals surface area contributed by atoms with Crippen molar-refractivity contribution in [1.82, 2.24) is 9.78 Å². The smallest absolute Gasteiger partial charge is 0.157 e. The van der Waals surface area contributed by atoms with Gasteiger partial charge in [-0.2, -0.15) is 23.3 Å². The Morgan fingerprint density at radius 1 is 1.19 bits per heavy atom. The summed E-state index contributed by atoms with van der Waals surface area (Å²) in [5.41, 5.74) is 2.42. The fraction of sp³-hybridized carbons (Fsp3) is 0.0625. The van der Waals surface area contributed by atoms with Gasteiger partial charge in [0, 0.05) is 31.1 Å². The van der Waals surface area contributed by atoms with Gasteiger partial charge in [0.2, 0.25) is 0 Å². The standard InChI is InChI=1S/C16H11N2O2.Ir/c1-19-11-9-17-18(10-11)14-7-4-6-13-12-5-2-3-8-15(12)20-16(13)14;/h2-6,8-10H,1H3;/q-1;. The molecule has 2 heterocycles. The molecular weight excluding hydrogens is 444 g/mol. The van der Waals surface area contributed by atoms with Crippen molar-refractivity contribution in [2.45, 2.75) is 0 Å². The quantitative estimate of drug-likeness (QED) is 0.434. The van der Waals surface area contributed by atoms with E-state index in [1.165, 1.54) is 0 Å². The van der Waals surface area contributed by atoms with E-state index in [0.717, 1.165) is 27.6 Å². The molecule has 0 aliphatic carbocycles. The van der Waals surface area contributed by atoms with Gasteiger partial charge in [0.1, 0.15) is 5.58 Å². The van der Waals surface area contributed by atoms with Crippen LogP contribution in [0.5, 0.6) is 5.75 Å². The number of hydrogen-bond acceptors (Lipinski definition) is 3. The molecule has 0 spiro atoms. The normalized spacial score (nSPS) is 10.7. The second-order valence-corrected chi connectivity index (χ2v) is 4.49. The summed E-state index contributed by atoms with van der Waals surface area (Å²) >= 11 is 0. The molecule has 0 bridgehead atoms. The number of ether oxygens (including phenoxy) is 1. The van der Waals surface area contributed by atoms with E-state index in [0.29, 0.717) is 5.75 Å². The Morgan fingerprint density at radius 3 is 2.86 bits per heavy atom. The largest absolute Gasteiger partial charge is 0.513 e. The number of methoxy groups -OCH3 is 1. The van der Waals surface area contributed by atoms with Crippen LogP contribution < -0.4 is 4.74 Å². The predicted molar refractivity (Wildman–Crippen MR) is 76.2 cm³/mol. The van der Waals surface area contributed by atoms with Gasteiger partial charge in [-0.3, -0.25) is 4.68 Å². The first-order valence-electron chi connectivity index (χ1n) is 6.28. The topological polar surface area (TPSA) is 40.2 Å². The summed E-state index contributed by atoms with van der Waals surface area (Å²) in [5, 5.41) is 6.43. The summed E-state index contributed by atoms with van der Waals surface area (Å²) in [6.07, 6.45) is 3.47. The zero-order valence-electron chi connectivity index (χ0n) is 11.2. The maximum Gasteiger partial charge on any atom is 0.157 e. The van der Waals surface area contributed by atoms with E-state index >= 15 is 0 Å². The number of benzene rings is 2. The van der Waals surface area contributed by atoms with E-state index in [2.05, 4.69) is 17.2 Å². The molecule has 0 unspecified atom stereocenters. The van der Waals surface area contributed by atoms with Gasteiger partial charge in [-0.25, -0.2) is 0 Å². The Hall–Kier alpha value is -2.10. The first-order valence-corrected chi connectivity index (χ1v) is 6.28. The monoisotopic (exact) mass is 456 g/mol. The number of hydrogen-bond donors (Lipinski definition) is 0. The van der Waals surface area contributed by atoms with Crippen LogP contribution in [0.1, 0.15) is 0 Å². The second kappa shape index (κ2) is 5.35. The first-order chi connectivity index (χ1) is 9.86. The minimum atomic E-state index is 0. The maximum atomic E-state index is 5.95. The van der Waals surface area contributed by atoms with Crippen molar-refractivity contribution in [3.63, 3.8) is 0 Å². The fourth-order valence-corrected chi connectivity index (χ4v) is 2.38. The van der Waals surface area contributed by atoms with Crippen molar-refractivity contribution >= 4 is 21.9 Å². The van der Waals surface area contributed by atoms with Gasteiger partial charge in [-0.15, -0.1) is 0 Å². The molecule has 4 nitrogen and oxygen atoms in total. The van der Waals surface area contributed by atoms with Gasteiger partial charge in [0.15, 0.2) is 5.75 Å². The number of aromatic nitrogens is 2. The fourth-order valence-electron chi connectivity index (χ4n) is 2.38. The first kappa shape index (κ1) is 13.9. The third kappa shape index (κ3) is 2.15. The van der Waals surface area contributed by atoms with Crippen LogP contribution in [0, 0.1) is 6.07 Å². The van der Waals surface area contributed by atoms with Crippen LogP contribution in [0.3, 0.4) is 0 Å². The number of rotatable bonds is 2. The van der Waals surface area contributed by atoms with Crippen LogP contribution >= 0.6 is 0 Å². The van der Waals surface area contributed by atoms with Gasteiger partial charge < -0.3 is 9.15 Å². The molecule has 1 radical (unpaired) electrons. The van der Waals surface area contributed by atoms with E-state index in [1.54, 1.807) is 24.2 Å². The van der Waals surface area contributed by atoms with E-state index in [4.69, 9.17) is 9.15 Å². The van der Waals surface area contributed by atoms with Gasteiger partial charge in [0.05, 0.1) is 19.5 Å². The number of para-hydroxylation sites is 1. The van der Waals surface area contributed by atoms with Crippen molar-refractivity contribution in [3.05, 3.63) is 54.9 Å². The van der Waals surface area contributed by atoms with Crippen LogP contribution in [0.2, 0.25) is 0 Å². The number of fused-ring (bicyclic) bond motifs is 3. The summed E-state index contributed by atoms with van der Waals surface area (Å²) in [7, 11) is 1.62.